The molecule has 47 heavy (non-hydrogen) atoms. The normalized spacial score (nSPS) is 13.5. The fourth-order valence-electron chi connectivity index (χ4n) is 4.48. The number of hydrogen-bond donors (Lipinski definition) is 6. The molecule has 17 nitrogen and oxygen atoms in total. The number of carbonyl (C=O) groups is 4. The minimum atomic E-state index is -4.71. The number of aliphatic carboxylic acids is 4. The van der Waals surface area contributed by atoms with E-state index in [1.54, 1.807) is 0 Å². The Morgan fingerprint density at radius 1 is 0.723 bits per heavy atom. The van der Waals surface area contributed by atoms with E-state index in [1.165, 1.54) is 4.90 Å². The van der Waals surface area contributed by atoms with Crippen molar-refractivity contribution in [1.29, 1.82) is 0 Å². The van der Waals surface area contributed by atoms with Gasteiger partial charge in [-0.15, -0.1) is 0 Å². The van der Waals surface area contributed by atoms with Crippen molar-refractivity contribution in [2.75, 3.05) is 72.6 Å². The summed E-state index contributed by atoms with van der Waals surface area (Å²) in [4.78, 5) is 59.3. The number of phosphoric acid groups is 1. The molecule has 2 atom stereocenters. The second-order valence-electron chi connectivity index (χ2n) is 10.3. The number of phosphoric ester groups is 1. The highest BCUT2D eigenvalue weighted by atomic mass is 31.2. The van der Waals surface area contributed by atoms with Gasteiger partial charge in [0, 0.05) is 25.7 Å². The number of nitrogens with zero attached hydrogens (tertiary/aromatic N) is 3. The van der Waals surface area contributed by atoms with Gasteiger partial charge in [-0.3, -0.25) is 42.9 Å². The Morgan fingerprint density at radius 2 is 1.26 bits per heavy atom. The van der Waals surface area contributed by atoms with Crippen LogP contribution in [-0.4, -0.2) is 148 Å². The average molecular weight is 686 g/mol. The first kappa shape index (κ1) is 39.4. The van der Waals surface area contributed by atoms with Gasteiger partial charge >= 0.3 is 31.7 Å². The predicted molar refractivity (Wildman–Crippen MR) is 164 cm³/mol. The Kier molecular flexibility index (Phi) is 17.2. The van der Waals surface area contributed by atoms with Gasteiger partial charge in [-0.25, -0.2) is 4.57 Å². The molecule has 0 aliphatic heterocycles. The van der Waals surface area contributed by atoms with Crippen LogP contribution in [0.1, 0.15) is 5.56 Å². The Bertz CT molecular complexity index is 1320. The third kappa shape index (κ3) is 16.6. The number of rotatable bonds is 25. The van der Waals surface area contributed by atoms with E-state index in [0.29, 0.717) is 0 Å². The maximum Gasteiger partial charge on any atom is 0.472 e. The lowest BCUT2D eigenvalue weighted by molar-refractivity contribution is -0.145. The fraction of sp³-hybridized carbons (Fsp3) is 0.448. The van der Waals surface area contributed by atoms with E-state index < -0.39 is 84.1 Å². The molecule has 0 spiro atoms. The van der Waals surface area contributed by atoms with Crippen LogP contribution in [0.5, 0.6) is 0 Å². The summed E-state index contributed by atoms with van der Waals surface area (Å²) < 4.78 is 28.0. The fourth-order valence-corrected chi connectivity index (χ4v) is 5.24. The quantitative estimate of drug-likeness (QED) is 0.0618. The molecule has 2 unspecified atom stereocenters. The monoisotopic (exact) mass is 685 g/mol. The Morgan fingerprint density at radius 3 is 1.81 bits per heavy atom. The zero-order chi connectivity index (χ0) is 34.8. The van der Waals surface area contributed by atoms with Crippen molar-refractivity contribution in [3.63, 3.8) is 0 Å². The van der Waals surface area contributed by atoms with E-state index in [4.69, 9.17) is 29.1 Å². The molecule has 0 amide bonds. The third-order valence-electron chi connectivity index (χ3n) is 6.62. The molecule has 0 aliphatic carbocycles. The van der Waals surface area contributed by atoms with Gasteiger partial charge in [0.1, 0.15) is 13.5 Å². The van der Waals surface area contributed by atoms with E-state index in [1.807, 2.05) is 54.6 Å². The number of carboxylic acid groups (broad SMARTS) is 4. The number of hydrogen-bond acceptors (Lipinski definition) is 12. The van der Waals surface area contributed by atoms with Gasteiger partial charge in [0.05, 0.1) is 39.4 Å². The lowest BCUT2D eigenvalue weighted by atomic mass is 10.0. The highest BCUT2D eigenvalue weighted by Crippen LogP contribution is 2.43. The van der Waals surface area contributed by atoms with E-state index in [2.05, 4.69) is 0 Å². The number of aliphatic hydroxyl groups is 1. The van der Waals surface area contributed by atoms with Gasteiger partial charge in [0.2, 0.25) is 0 Å². The van der Waals surface area contributed by atoms with Crippen LogP contribution in [0, 0.1) is 0 Å². The second-order valence-corrected chi connectivity index (χ2v) is 11.7. The summed E-state index contributed by atoms with van der Waals surface area (Å²) in [6, 6.07) is 16.1. The van der Waals surface area contributed by atoms with Crippen LogP contribution in [0.4, 0.5) is 0 Å². The van der Waals surface area contributed by atoms with Crippen LogP contribution in [0.2, 0.25) is 0 Å². The molecular formula is C29H40N3O14P. The van der Waals surface area contributed by atoms with E-state index in [-0.39, 0.29) is 32.7 Å². The van der Waals surface area contributed by atoms with E-state index in [0.717, 1.165) is 26.5 Å². The van der Waals surface area contributed by atoms with Crippen molar-refractivity contribution in [1.82, 2.24) is 14.7 Å². The number of aliphatic hydroxyl groups excluding tert-OH is 1. The topological polar surface area (TPSA) is 244 Å². The highest BCUT2D eigenvalue weighted by molar-refractivity contribution is 7.47. The van der Waals surface area contributed by atoms with Gasteiger partial charge in [-0.05, 0) is 23.1 Å². The summed E-state index contributed by atoms with van der Waals surface area (Å²) in [7, 11) is -4.71. The minimum absolute atomic E-state index is 0.179. The first-order valence-corrected chi connectivity index (χ1v) is 15.8. The van der Waals surface area contributed by atoms with Crippen molar-refractivity contribution < 1.29 is 68.0 Å². The van der Waals surface area contributed by atoms with Crippen LogP contribution >= 0.6 is 7.82 Å². The molecule has 6 N–H and O–H groups in total. The van der Waals surface area contributed by atoms with Crippen LogP contribution in [0.3, 0.4) is 0 Å². The molecule has 0 bridgehead atoms. The molecule has 260 valence electrons. The van der Waals surface area contributed by atoms with Gasteiger partial charge < -0.3 is 35.2 Å². The number of carboxylic acids is 4. The van der Waals surface area contributed by atoms with Crippen LogP contribution in [-0.2, 0) is 43.9 Å². The van der Waals surface area contributed by atoms with E-state index >= 15 is 0 Å². The molecule has 0 heterocycles. The largest absolute Gasteiger partial charge is 0.480 e. The van der Waals surface area contributed by atoms with Gasteiger partial charge in [-0.1, -0.05) is 54.6 Å². The zero-order valence-corrected chi connectivity index (χ0v) is 26.4. The number of ether oxygens (including phenoxy) is 1. The highest BCUT2D eigenvalue weighted by Gasteiger charge is 2.30. The first-order chi connectivity index (χ1) is 22.3. The molecule has 0 aromatic heterocycles. The minimum Gasteiger partial charge on any atom is -0.480 e. The van der Waals surface area contributed by atoms with Gasteiger partial charge in [0.25, 0.3) is 0 Å². The standard InChI is InChI=1S/C29H40N3O14P/c33-21-44-20-32(18-29(40)41)25(14-30(15-26(34)35)11-12-31(16-27(36)37)17-28(38)39)19-46-47(42,43)45-13-10-22-6-8-24(9-7-22)23-4-2-1-3-5-23/h1-9,25,33H,10-21H2,(H,34,35)(H,36,37)(H,38,39)(H,40,41)(H,42,43). The Labute approximate surface area is 270 Å². The molecule has 2 aromatic carbocycles. The van der Waals surface area contributed by atoms with Crippen LogP contribution < -0.4 is 0 Å². The summed E-state index contributed by atoms with van der Waals surface area (Å²) in [5.74, 6) is -5.26. The first-order valence-electron chi connectivity index (χ1n) is 14.3. The van der Waals surface area contributed by atoms with Crippen LogP contribution in [0.15, 0.2) is 54.6 Å². The molecule has 0 aliphatic rings. The maximum atomic E-state index is 12.8. The molecule has 0 saturated heterocycles. The Hall–Kier alpha value is -3.77. The summed E-state index contributed by atoms with van der Waals surface area (Å²) >= 11 is 0. The molecule has 2 rings (SSSR count). The summed E-state index contributed by atoms with van der Waals surface area (Å²) in [6.07, 6.45) is 0.261. The SMILES string of the molecule is O=C(O)CN(CCN(CC(=O)O)CC(COP(=O)(O)OCCc1ccc(-c2ccccc2)cc1)N(COCO)CC(=O)O)CC(=O)O. The molecule has 0 radical (unpaired) electrons. The smallest absolute Gasteiger partial charge is 0.472 e. The third-order valence-corrected chi connectivity index (χ3v) is 7.60. The van der Waals surface area contributed by atoms with Crippen molar-refractivity contribution in [2.24, 2.45) is 0 Å². The molecule has 0 saturated carbocycles. The van der Waals surface area contributed by atoms with Crippen molar-refractivity contribution >= 4 is 31.7 Å². The van der Waals surface area contributed by atoms with Crippen molar-refractivity contribution in [2.45, 2.75) is 12.5 Å². The molecule has 0 fully saturated rings. The van der Waals surface area contributed by atoms with Crippen molar-refractivity contribution in [3.8, 4) is 11.1 Å². The van der Waals surface area contributed by atoms with Gasteiger partial charge in [0.15, 0.2) is 0 Å². The lowest BCUT2D eigenvalue weighted by Crippen LogP contribution is -2.51. The van der Waals surface area contributed by atoms with Crippen molar-refractivity contribution in [3.05, 3.63) is 60.2 Å². The molecule has 2 aromatic rings. The predicted octanol–water partition coefficient (Wildman–Crippen LogP) is 0.567. The van der Waals surface area contributed by atoms with Crippen LogP contribution in [0.25, 0.3) is 11.1 Å². The maximum absolute atomic E-state index is 12.8. The summed E-state index contributed by atoms with van der Waals surface area (Å²) in [5.41, 5.74) is 2.83. The zero-order valence-electron chi connectivity index (χ0n) is 25.5. The molecular weight excluding hydrogens is 645 g/mol. The van der Waals surface area contributed by atoms with Gasteiger partial charge in [-0.2, -0.15) is 0 Å². The lowest BCUT2D eigenvalue weighted by Gasteiger charge is -2.34. The summed E-state index contributed by atoms with van der Waals surface area (Å²) in [6.45, 7) is -5.44. The molecule has 18 heteroatoms. The second kappa shape index (κ2) is 20.5. The average Bonchev–Trinajstić information content (AvgIpc) is 2.99. The summed E-state index contributed by atoms with van der Waals surface area (Å²) in [5, 5.41) is 46.2. The van der Waals surface area contributed by atoms with E-state index in [9.17, 15) is 38.8 Å². The Balaban J connectivity index is 2.12. The number of benzene rings is 2.